The van der Waals surface area contributed by atoms with Crippen LogP contribution in [0.5, 0.6) is 0 Å². The van der Waals surface area contributed by atoms with Gasteiger partial charge in [-0.25, -0.2) is 0 Å². The van der Waals surface area contributed by atoms with E-state index >= 15 is 0 Å². The number of carbonyl (C=O) groups excluding carboxylic acids is 1. The van der Waals surface area contributed by atoms with E-state index in [1.54, 1.807) is 0 Å². The van der Waals surface area contributed by atoms with E-state index in [0.717, 1.165) is 12.8 Å². The zero-order chi connectivity index (χ0) is 9.84. The molecule has 1 rings (SSSR count). The number of aliphatic hydroxyl groups is 1. The smallest absolute Gasteiger partial charge is 0.168 e. The van der Waals surface area contributed by atoms with Crippen LogP contribution in [0.3, 0.4) is 0 Å². The zero-order valence-corrected chi connectivity index (χ0v) is 7.89. The molecule has 3 heteroatoms. The Balaban J connectivity index is 2.90. The molecular formula is C10H15NO2. The van der Waals surface area contributed by atoms with Crippen molar-refractivity contribution in [1.29, 1.82) is 5.41 Å². The van der Waals surface area contributed by atoms with Crippen molar-refractivity contribution in [3.05, 3.63) is 11.3 Å². The molecule has 72 valence electrons. The second-order valence-electron chi connectivity index (χ2n) is 3.33. The van der Waals surface area contributed by atoms with Crippen LogP contribution in [0.25, 0.3) is 0 Å². The molecular weight excluding hydrogens is 166 g/mol. The molecule has 0 aromatic rings. The molecule has 0 heterocycles. The SMILES string of the molecule is CCCC(O)=C1C(=N)CCCC1=O. The number of nitrogens with one attached hydrogen (secondary N) is 1. The first-order valence-corrected chi connectivity index (χ1v) is 4.70. The van der Waals surface area contributed by atoms with Gasteiger partial charge in [0.05, 0.1) is 5.57 Å². The highest BCUT2D eigenvalue weighted by Gasteiger charge is 2.23. The molecule has 0 saturated heterocycles. The van der Waals surface area contributed by atoms with E-state index < -0.39 is 0 Å². The summed E-state index contributed by atoms with van der Waals surface area (Å²) in [4.78, 5) is 11.4. The molecule has 1 saturated carbocycles. The number of aliphatic hydroxyl groups excluding tert-OH is 1. The quantitative estimate of drug-likeness (QED) is 0.507. The number of ketones is 1. The van der Waals surface area contributed by atoms with E-state index in [1.165, 1.54) is 0 Å². The largest absolute Gasteiger partial charge is 0.511 e. The molecule has 1 aliphatic carbocycles. The van der Waals surface area contributed by atoms with Gasteiger partial charge in [0.1, 0.15) is 5.76 Å². The van der Waals surface area contributed by atoms with Crippen molar-refractivity contribution in [3.8, 4) is 0 Å². The Morgan fingerprint density at radius 1 is 1.54 bits per heavy atom. The van der Waals surface area contributed by atoms with Gasteiger partial charge in [-0.3, -0.25) is 4.79 Å². The Kier molecular flexibility index (Phi) is 3.23. The fourth-order valence-corrected chi connectivity index (χ4v) is 1.54. The van der Waals surface area contributed by atoms with Gasteiger partial charge >= 0.3 is 0 Å². The molecule has 0 atom stereocenters. The van der Waals surface area contributed by atoms with Crippen LogP contribution >= 0.6 is 0 Å². The summed E-state index contributed by atoms with van der Waals surface area (Å²) >= 11 is 0. The average Bonchev–Trinajstić information content (AvgIpc) is 2.04. The van der Waals surface area contributed by atoms with Gasteiger partial charge in [-0.2, -0.15) is 0 Å². The first kappa shape index (κ1) is 9.96. The summed E-state index contributed by atoms with van der Waals surface area (Å²) in [5.74, 6) is 0.0411. The molecule has 0 aromatic carbocycles. The Hall–Kier alpha value is -1.12. The molecule has 1 aliphatic rings. The second kappa shape index (κ2) is 4.21. The van der Waals surface area contributed by atoms with Gasteiger partial charge in [-0.15, -0.1) is 0 Å². The lowest BCUT2D eigenvalue weighted by Crippen LogP contribution is -2.20. The van der Waals surface area contributed by atoms with Crippen molar-refractivity contribution in [3.63, 3.8) is 0 Å². The van der Waals surface area contributed by atoms with Gasteiger partial charge < -0.3 is 10.5 Å². The summed E-state index contributed by atoms with van der Waals surface area (Å²) in [5, 5.41) is 17.1. The lowest BCUT2D eigenvalue weighted by atomic mass is 9.90. The molecule has 0 spiro atoms. The minimum atomic E-state index is -0.0674. The van der Waals surface area contributed by atoms with Gasteiger partial charge in [-0.05, 0) is 19.3 Å². The van der Waals surface area contributed by atoms with E-state index in [-0.39, 0.29) is 17.1 Å². The van der Waals surface area contributed by atoms with Gasteiger partial charge in [-0.1, -0.05) is 6.92 Å². The lowest BCUT2D eigenvalue weighted by Gasteiger charge is -2.15. The van der Waals surface area contributed by atoms with Crippen LogP contribution in [-0.4, -0.2) is 16.6 Å². The average molecular weight is 181 g/mol. The Morgan fingerprint density at radius 3 is 2.77 bits per heavy atom. The van der Waals surface area contributed by atoms with Crippen molar-refractivity contribution in [2.45, 2.75) is 39.0 Å². The predicted octanol–water partition coefficient (Wildman–Crippen LogP) is 2.37. The van der Waals surface area contributed by atoms with Crippen LogP contribution in [0.4, 0.5) is 0 Å². The van der Waals surface area contributed by atoms with Crippen LogP contribution in [0, 0.1) is 5.41 Å². The van der Waals surface area contributed by atoms with Crippen LogP contribution in [0.2, 0.25) is 0 Å². The lowest BCUT2D eigenvalue weighted by molar-refractivity contribution is -0.115. The molecule has 2 N–H and O–H groups in total. The fraction of sp³-hybridized carbons (Fsp3) is 0.600. The minimum Gasteiger partial charge on any atom is -0.511 e. The number of allylic oxidation sites excluding steroid dienone is 2. The topological polar surface area (TPSA) is 61.1 Å². The number of rotatable bonds is 2. The number of hydrogen-bond donors (Lipinski definition) is 2. The fourth-order valence-electron chi connectivity index (χ4n) is 1.54. The van der Waals surface area contributed by atoms with Crippen LogP contribution < -0.4 is 0 Å². The summed E-state index contributed by atoms with van der Waals surface area (Å²) < 4.78 is 0. The van der Waals surface area contributed by atoms with Crippen molar-refractivity contribution in [2.75, 3.05) is 0 Å². The summed E-state index contributed by atoms with van der Waals surface area (Å²) in [6, 6.07) is 0. The normalized spacial score (nSPS) is 21.9. The van der Waals surface area contributed by atoms with E-state index in [1.807, 2.05) is 6.92 Å². The molecule has 1 fully saturated rings. The molecule has 0 aromatic heterocycles. The summed E-state index contributed by atoms with van der Waals surface area (Å²) in [7, 11) is 0. The minimum absolute atomic E-state index is 0.0674. The zero-order valence-electron chi connectivity index (χ0n) is 7.89. The number of Topliss-reactive ketones (excluding diaryl/α,β-unsaturated/α-hetero) is 1. The molecule has 0 amide bonds. The maximum atomic E-state index is 11.4. The third kappa shape index (κ3) is 2.17. The molecule has 0 bridgehead atoms. The molecule has 0 aliphatic heterocycles. The second-order valence-corrected chi connectivity index (χ2v) is 3.33. The molecule has 13 heavy (non-hydrogen) atoms. The van der Waals surface area contributed by atoms with Gasteiger partial charge in [0.2, 0.25) is 0 Å². The maximum Gasteiger partial charge on any atom is 0.168 e. The predicted molar refractivity (Wildman–Crippen MR) is 51.1 cm³/mol. The van der Waals surface area contributed by atoms with Gasteiger partial charge in [0.15, 0.2) is 5.78 Å². The summed E-state index contributed by atoms with van der Waals surface area (Å²) in [6.07, 6.45) is 3.15. The standard InChI is InChI=1S/C10H15NO2/c1-2-4-8(12)10-7(11)5-3-6-9(10)13/h11-12H,2-6H2,1H3. The van der Waals surface area contributed by atoms with Crippen LogP contribution in [0.15, 0.2) is 11.3 Å². The third-order valence-corrected chi connectivity index (χ3v) is 2.19. The molecule has 0 radical (unpaired) electrons. The van der Waals surface area contributed by atoms with E-state index in [4.69, 9.17) is 5.41 Å². The monoisotopic (exact) mass is 181 g/mol. The number of hydrogen-bond acceptors (Lipinski definition) is 3. The highest BCUT2D eigenvalue weighted by molar-refractivity contribution is 6.23. The molecule has 0 unspecified atom stereocenters. The van der Waals surface area contributed by atoms with Crippen LogP contribution in [-0.2, 0) is 4.79 Å². The van der Waals surface area contributed by atoms with E-state index in [9.17, 15) is 9.90 Å². The van der Waals surface area contributed by atoms with Gasteiger partial charge in [0, 0.05) is 18.6 Å². The molecule has 3 nitrogen and oxygen atoms in total. The Labute approximate surface area is 78.0 Å². The Bertz CT molecular complexity index is 248. The summed E-state index contributed by atoms with van der Waals surface area (Å²) in [5.41, 5.74) is 0.593. The third-order valence-electron chi connectivity index (χ3n) is 2.19. The maximum absolute atomic E-state index is 11.4. The van der Waals surface area contributed by atoms with E-state index in [2.05, 4.69) is 0 Å². The first-order chi connectivity index (χ1) is 6.16. The van der Waals surface area contributed by atoms with Crippen molar-refractivity contribution < 1.29 is 9.90 Å². The number of carbonyl (C=O) groups is 1. The van der Waals surface area contributed by atoms with Crippen molar-refractivity contribution in [1.82, 2.24) is 0 Å². The highest BCUT2D eigenvalue weighted by atomic mass is 16.3. The Morgan fingerprint density at radius 2 is 2.23 bits per heavy atom. The van der Waals surface area contributed by atoms with E-state index in [0.29, 0.717) is 25.0 Å². The first-order valence-electron chi connectivity index (χ1n) is 4.70. The van der Waals surface area contributed by atoms with Crippen molar-refractivity contribution in [2.24, 2.45) is 0 Å². The summed E-state index contributed by atoms with van der Waals surface area (Å²) in [6.45, 7) is 1.94. The van der Waals surface area contributed by atoms with Gasteiger partial charge in [0.25, 0.3) is 0 Å². The highest BCUT2D eigenvalue weighted by Crippen LogP contribution is 2.21. The van der Waals surface area contributed by atoms with Crippen molar-refractivity contribution >= 4 is 11.5 Å². The van der Waals surface area contributed by atoms with Crippen LogP contribution in [0.1, 0.15) is 39.0 Å².